The SMILES string of the molecule is CCC1NC(CC(C)C)C(=O)N1CCN(C)C(C)C. The van der Waals surface area contributed by atoms with Crippen molar-refractivity contribution in [3.63, 3.8) is 0 Å². The van der Waals surface area contributed by atoms with Gasteiger partial charge in [-0.2, -0.15) is 0 Å². The molecular weight excluding hydrogens is 238 g/mol. The van der Waals surface area contributed by atoms with Gasteiger partial charge in [-0.1, -0.05) is 20.8 Å². The molecular formula is C15H31N3O. The van der Waals surface area contributed by atoms with Crippen LogP contribution in [-0.2, 0) is 4.79 Å². The van der Waals surface area contributed by atoms with Crippen molar-refractivity contribution in [2.24, 2.45) is 5.92 Å². The van der Waals surface area contributed by atoms with Crippen LogP contribution in [0.25, 0.3) is 0 Å². The molecule has 0 bridgehead atoms. The Bertz CT molecular complexity index is 291. The fraction of sp³-hybridized carbons (Fsp3) is 0.933. The second kappa shape index (κ2) is 7.25. The molecule has 0 aromatic rings. The Morgan fingerprint density at radius 1 is 1.32 bits per heavy atom. The summed E-state index contributed by atoms with van der Waals surface area (Å²) >= 11 is 0. The van der Waals surface area contributed by atoms with Crippen LogP contribution in [0.4, 0.5) is 0 Å². The maximum Gasteiger partial charge on any atom is 0.241 e. The minimum Gasteiger partial charge on any atom is -0.325 e. The third kappa shape index (κ3) is 4.46. The first-order chi connectivity index (χ1) is 8.86. The van der Waals surface area contributed by atoms with Gasteiger partial charge in [0.1, 0.15) is 0 Å². The Labute approximate surface area is 118 Å². The number of amides is 1. The lowest BCUT2D eigenvalue weighted by Gasteiger charge is -2.27. The van der Waals surface area contributed by atoms with Gasteiger partial charge in [0, 0.05) is 19.1 Å². The summed E-state index contributed by atoms with van der Waals surface area (Å²) in [6.07, 6.45) is 2.13. The largest absolute Gasteiger partial charge is 0.325 e. The number of carbonyl (C=O) groups excluding carboxylic acids is 1. The molecule has 0 saturated carbocycles. The van der Waals surface area contributed by atoms with Gasteiger partial charge in [-0.3, -0.25) is 10.1 Å². The van der Waals surface area contributed by atoms with Gasteiger partial charge in [-0.15, -0.1) is 0 Å². The highest BCUT2D eigenvalue weighted by Gasteiger charge is 2.37. The number of rotatable bonds is 7. The van der Waals surface area contributed by atoms with Gasteiger partial charge >= 0.3 is 0 Å². The molecule has 19 heavy (non-hydrogen) atoms. The Kier molecular flexibility index (Phi) is 6.27. The van der Waals surface area contributed by atoms with Crippen molar-refractivity contribution < 1.29 is 4.79 Å². The molecule has 1 fully saturated rings. The lowest BCUT2D eigenvalue weighted by atomic mass is 10.0. The molecule has 2 atom stereocenters. The van der Waals surface area contributed by atoms with Crippen LogP contribution in [0.15, 0.2) is 0 Å². The zero-order valence-corrected chi connectivity index (χ0v) is 13.4. The molecule has 1 amide bonds. The first-order valence-corrected chi connectivity index (χ1v) is 7.63. The monoisotopic (exact) mass is 269 g/mol. The summed E-state index contributed by atoms with van der Waals surface area (Å²) in [5, 5.41) is 3.48. The van der Waals surface area contributed by atoms with Crippen molar-refractivity contribution in [3.8, 4) is 0 Å². The van der Waals surface area contributed by atoms with Crippen molar-refractivity contribution in [3.05, 3.63) is 0 Å². The van der Waals surface area contributed by atoms with E-state index in [0.29, 0.717) is 12.0 Å². The molecule has 0 spiro atoms. The number of nitrogens with one attached hydrogen (secondary N) is 1. The third-order valence-electron chi connectivity index (χ3n) is 4.02. The molecule has 1 N–H and O–H groups in total. The Balaban J connectivity index is 2.57. The highest BCUT2D eigenvalue weighted by Crippen LogP contribution is 2.18. The van der Waals surface area contributed by atoms with E-state index >= 15 is 0 Å². The summed E-state index contributed by atoms with van der Waals surface area (Å²) in [5.41, 5.74) is 0. The van der Waals surface area contributed by atoms with E-state index in [1.165, 1.54) is 0 Å². The van der Waals surface area contributed by atoms with Gasteiger partial charge in [-0.05, 0) is 39.7 Å². The van der Waals surface area contributed by atoms with Gasteiger partial charge in [0.15, 0.2) is 0 Å². The summed E-state index contributed by atoms with van der Waals surface area (Å²) in [6, 6.07) is 0.548. The first kappa shape index (κ1) is 16.4. The summed E-state index contributed by atoms with van der Waals surface area (Å²) in [5.74, 6) is 0.843. The molecule has 0 radical (unpaired) electrons. The van der Waals surface area contributed by atoms with Crippen molar-refractivity contribution in [2.45, 2.75) is 65.7 Å². The van der Waals surface area contributed by atoms with Gasteiger partial charge in [0.25, 0.3) is 0 Å². The third-order valence-corrected chi connectivity index (χ3v) is 4.02. The van der Waals surface area contributed by atoms with Gasteiger partial charge in [0.05, 0.1) is 12.2 Å². The van der Waals surface area contributed by atoms with Gasteiger partial charge in [-0.25, -0.2) is 0 Å². The first-order valence-electron chi connectivity index (χ1n) is 7.63. The highest BCUT2D eigenvalue weighted by molar-refractivity contribution is 5.84. The lowest BCUT2D eigenvalue weighted by Crippen LogP contribution is -2.42. The fourth-order valence-corrected chi connectivity index (χ4v) is 2.52. The van der Waals surface area contributed by atoms with Crippen molar-refractivity contribution in [2.75, 3.05) is 20.1 Å². The van der Waals surface area contributed by atoms with Gasteiger partial charge in [0.2, 0.25) is 5.91 Å². The Morgan fingerprint density at radius 2 is 1.95 bits per heavy atom. The maximum absolute atomic E-state index is 12.4. The number of nitrogens with zero attached hydrogens (tertiary/aromatic N) is 2. The summed E-state index contributed by atoms with van der Waals surface area (Å²) < 4.78 is 0. The predicted molar refractivity (Wildman–Crippen MR) is 79.9 cm³/mol. The highest BCUT2D eigenvalue weighted by atomic mass is 16.2. The fourth-order valence-electron chi connectivity index (χ4n) is 2.52. The number of hydrogen-bond acceptors (Lipinski definition) is 3. The Hall–Kier alpha value is -0.610. The van der Waals surface area contributed by atoms with Crippen LogP contribution >= 0.6 is 0 Å². The quantitative estimate of drug-likeness (QED) is 0.767. The van der Waals surface area contributed by atoms with Crippen LogP contribution in [-0.4, -0.2) is 54.1 Å². The van der Waals surface area contributed by atoms with Crippen LogP contribution in [0, 0.1) is 5.92 Å². The standard InChI is InChI=1S/C15H31N3O/c1-7-14-16-13(10-11(2)3)15(19)18(14)9-8-17(6)12(4)5/h11-14,16H,7-10H2,1-6H3. The topological polar surface area (TPSA) is 35.6 Å². The van der Waals surface area contributed by atoms with Crippen LogP contribution in [0.5, 0.6) is 0 Å². The molecule has 1 aliphatic rings. The smallest absolute Gasteiger partial charge is 0.241 e. The lowest BCUT2D eigenvalue weighted by molar-refractivity contribution is -0.130. The van der Waals surface area contributed by atoms with E-state index in [4.69, 9.17) is 0 Å². The summed E-state index contributed by atoms with van der Waals surface area (Å²) in [7, 11) is 2.12. The number of hydrogen-bond donors (Lipinski definition) is 1. The Morgan fingerprint density at radius 3 is 2.42 bits per heavy atom. The molecule has 0 aromatic carbocycles. The molecule has 4 heteroatoms. The van der Waals surface area contributed by atoms with Crippen LogP contribution < -0.4 is 5.32 Å². The van der Waals surface area contributed by atoms with E-state index in [-0.39, 0.29) is 18.1 Å². The minimum absolute atomic E-state index is 0.0225. The molecule has 4 nitrogen and oxygen atoms in total. The molecule has 0 aromatic heterocycles. The molecule has 112 valence electrons. The average molecular weight is 269 g/mol. The number of carbonyl (C=O) groups is 1. The van der Waals surface area contributed by atoms with Crippen molar-refractivity contribution in [1.82, 2.24) is 15.1 Å². The molecule has 0 aliphatic carbocycles. The molecule has 2 unspecified atom stereocenters. The summed E-state index contributed by atoms with van der Waals surface area (Å²) in [6.45, 7) is 12.6. The molecule has 1 saturated heterocycles. The van der Waals surface area contributed by atoms with Crippen LogP contribution in [0.3, 0.4) is 0 Å². The van der Waals surface area contributed by atoms with Crippen molar-refractivity contribution >= 4 is 5.91 Å². The maximum atomic E-state index is 12.4. The normalized spacial score (nSPS) is 24.3. The molecule has 1 heterocycles. The van der Waals surface area contributed by atoms with E-state index < -0.39 is 0 Å². The molecule has 1 aliphatic heterocycles. The zero-order chi connectivity index (χ0) is 14.6. The van der Waals surface area contributed by atoms with E-state index in [1.54, 1.807) is 0 Å². The molecule has 1 rings (SSSR count). The number of likely N-dealkylation sites (N-methyl/N-ethyl adjacent to an activating group) is 1. The second-order valence-electron chi connectivity index (χ2n) is 6.38. The summed E-state index contributed by atoms with van der Waals surface area (Å²) in [4.78, 5) is 16.8. The van der Waals surface area contributed by atoms with Crippen LogP contribution in [0.2, 0.25) is 0 Å². The average Bonchev–Trinajstić information content (AvgIpc) is 2.62. The van der Waals surface area contributed by atoms with Crippen molar-refractivity contribution in [1.29, 1.82) is 0 Å². The van der Waals surface area contributed by atoms with E-state index in [2.05, 4.69) is 51.9 Å². The van der Waals surface area contributed by atoms with Gasteiger partial charge < -0.3 is 9.80 Å². The second-order valence-corrected chi connectivity index (χ2v) is 6.38. The van der Waals surface area contributed by atoms with E-state index in [1.807, 2.05) is 4.90 Å². The minimum atomic E-state index is 0.0225. The van der Waals surface area contributed by atoms with E-state index in [0.717, 1.165) is 25.9 Å². The zero-order valence-electron chi connectivity index (χ0n) is 13.4. The predicted octanol–water partition coefficient (Wildman–Crippen LogP) is 1.91. The van der Waals surface area contributed by atoms with E-state index in [9.17, 15) is 4.79 Å². The van der Waals surface area contributed by atoms with Crippen LogP contribution in [0.1, 0.15) is 47.5 Å².